The second-order valence-corrected chi connectivity index (χ2v) is 7.01. The Bertz CT molecular complexity index is 711. The maximum Gasteiger partial charge on any atom is 0.261 e. The van der Waals surface area contributed by atoms with E-state index in [0.717, 1.165) is 35.0 Å². The molecule has 3 heterocycles. The molecular weight excluding hydrogens is 324 g/mol. The maximum absolute atomic E-state index is 12.3. The molecule has 1 saturated heterocycles. The molecule has 2 aliphatic heterocycles. The van der Waals surface area contributed by atoms with Crippen molar-refractivity contribution in [2.45, 2.75) is 18.9 Å². The Morgan fingerprint density at radius 3 is 2.83 bits per heavy atom. The molecular formula is C18H20N2O3S. The van der Waals surface area contributed by atoms with Crippen molar-refractivity contribution in [2.75, 3.05) is 26.4 Å². The van der Waals surface area contributed by atoms with E-state index < -0.39 is 0 Å². The molecule has 24 heavy (non-hydrogen) atoms. The third-order valence-corrected chi connectivity index (χ3v) is 5.43. The van der Waals surface area contributed by atoms with Gasteiger partial charge < -0.3 is 14.8 Å². The van der Waals surface area contributed by atoms with Gasteiger partial charge in [0, 0.05) is 6.54 Å². The molecule has 0 spiro atoms. The summed E-state index contributed by atoms with van der Waals surface area (Å²) in [7, 11) is 0. The van der Waals surface area contributed by atoms with Crippen LogP contribution in [-0.4, -0.2) is 37.2 Å². The zero-order valence-corrected chi connectivity index (χ0v) is 14.2. The first-order valence-corrected chi connectivity index (χ1v) is 9.14. The molecule has 0 radical (unpaired) electrons. The van der Waals surface area contributed by atoms with Crippen LogP contribution in [0, 0.1) is 0 Å². The molecule has 1 fully saturated rings. The van der Waals surface area contributed by atoms with Gasteiger partial charge in [0.2, 0.25) is 6.79 Å². The summed E-state index contributed by atoms with van der Waals surface area (Å²) < 4.78 is 10.9. The first-order chi connectivity index (χ1) is 11.8. The van der Waals surface area contributed by atoms with Gasteiger partial charge in [0.15, 0.2) is 11.5 Å². The first-order valence-electron chi connectivity index (χ1n) is 8.26. The lowest BCUT2D eigenvalue weighted by atomic mass is 10.0. The number of ether oxygens (including phenoxy) is 2. The molecule has 4 rings (SSSR count). The summed E-state index contributed by atoms with van der Waals surface area (Å²) in [6, 6.07) is 9.99. The molecule has 0 saturated carbocycles. The van der Waals surface area contributed by atoms with E-state index >= 15 is 0 Å². The van der Waals surface area contributed by atoms with Gasteiger partial charge in [-0.15, -0.1) is 11.3 Å². The highest BCUT2D eigenvalue weighted by Gasteiger charge is 2.26. The molecule has 1 N–H and O–H groups in total. The number of likely N-dealkylation sites (tertiary alicyclic amines) is 1. The fourth-order valence-electron chi connectivity index (χ4n) is 3.32. The Labute approximate surface area is 145 Å². The molecule has 0 unspecified atom stereocenters. The Balaban J connectivity index is 1.52. The number of hydrogen-bond donors (Lipinski definition) is 1. The third kappa shape index (κ3) is 3.12. The Hall–Kier alpha value is -2.05. The van der Waals surface area contributed by atoms with Gasteiger partial charge in [-0.1, -0.05) is 12.1 Å². The monoisotopic (exact) mass is 344 g/mol. The molecule has 1 atom stereocenters. The molecule has 6 heteroatoms. The van der Waals surface area contributed by atoms with Crippen LogP contribution in [0.4, 0.5) is 0 Å². The summed E-state index contributed by atoms with van der Waals surface area (Å²) in [5.41, 5.74) is 1.16. The highest BCUT2D eigenvalue weighted by Crippen LogP contribution is 2.36. The molecule has 0 bridgehead atoms. The predicted molar refractivity (Wildman–Crippen MR) is 92.8 cm³/mol. The molecule has 1 aromatic carbocycles. The molecule has 2 aliphatic rings. The molecule has 5 nitrogen and oxygen atoms in total. The first kappa shape index (κ1) is 15.5. The van der Waals surface area contributed by atoms with Gasteiger partial charge in [0.25, 0.3) is 5.91 Å². The number of nitrogens with one attached hydrogen (secondary N) is 1. The molecule has 1 amide bonds. The van der Waals surface area contributed by atoms with E-state index in [1.54, 1.807) is 0 Å². The van der Waals surface area contributed by atoms with E-state index in [1.165, 1.54) is 24.2 Å². The van der Waals surface area contributed by atoms with E-state index in [2.05, 4.69) is 16.3 Å². The lowest BCUT2D eigenvalue weighted by Gasteiger charge is -2.28. The summed E-state index contributed by atoms with van der Waals surface area (Å²) >= 11 is 1.46. The lowest BCUT2D eigenvalue weighted by molar-refractivity contribution is 0.0942. The SMILES string of the molecule is O=C(NC[C@@H](c1ccc2c(c1)OCO2)N1CCCC1)c1cccs1. The van der Waals surface area contributed by atoms with Crippen LogP contribution in [0.15, 0.2) is 35.7 Å². The zero-order chi connectivity index (χ0) is 16.4. The molecule has 126 valence electrons. The van der Waals surface area contributed by atoms with Crippen LogP contribution >= 0.6 is 11.3 Å². The van der Waals surface area contributed by atoms with Gasteiger partial charge in [-0.25, -0.2) is 0 Å². The van der Waals surface area contributed by atoms with Crippen LogP contribution in [0.25, 0.3) is 0 Å². The van der Waals surface area contributed by atoms with Crippen LogP contribution in [-0.2, 0) is 0 Å². The summed E-state index contributed by atoms with van der Waals surface area (Å²) in [6.45, 7) is 3.00. The van der Waals surface area contributed by atoms with Gasteiger partial charge in [0.05, 0.1) is 10.9 Å². The zero-order valence-electron chi connectivity index (χ0n) is 13.4. The standard InChI is InChI=1S/C18H20N2O3S/c21-18(17-4-3-9-24-17)19-11-14(20-7-1-2-8-20)13-5-6-15-16(10-13)23-12-22-15/h3-6,9-10,14H,1-2,7-8,11-12H2,(H,19,21)/t14-/m0/s1. The summed E-state index contributed by atoms with van der Waals surface area (Å²) in [5.74, 6) is 1.58. The topological polar surface area (TPSA) is 50.8 Å². The number of nitrogens with zero attached hydrogens (tertiary/aromatic N) is 1. The van der Waals surface area contributed by atoms with Gasteiger partial charge in [-0.2, -0.15) is 0 Å². The van der Waals surface area contributed by atoms with Crippen molar-refractivity contribution in [3.05, 3.63) is 46.2 Å². The van der Waals surface area contributed by atoms with Crippen molar-refractivity contribution in [2.24, 2.45) is 0 Å². The van der Waals surface area contributed by atoms with Gasteiger partial charge in [0.1, 0.15) is 0 Å². The number of carbonyl (C=O) groups excluding carboxylic acids is 1. The quantitative estimate of drug-likeness (QED) is 0.906. The van der Waals surface area contributed by atoms with Crippen LogP contribution < -0.4 is 14.8 Å². The van der Waals surface area contributed by atoms with E-state index in [0.29, 0.717) is 6.54 Å². The molecule has 2 aromatic rings. The van der Waals surface area contributed by atoms with Crippen molar-refractivity contribution in [1.82, 2.24) is 10.2 Å². The number of hydrogen-bond acceptors (Lipinski definition) is 5. The Morgan fingerprint density at radius 2 is 2.04 bits per heavy atom. The second kappa shape index (κ2) is 6.83. The lowest BCUT2D eigenvalue weighted by Crippen LogP contribution is -2.36. The predicted octanol–water partition coefficient (Wildman–Crippen LogP) is 3.04. The van der Waals surface area contributed by atoms with E-state index in [9.17, 15) is 4.79 Å². The highest BCUT2D eigenvalue weighted by atomic mass is 32.1. The Kier molecular flexibility index (Phi) is 4.40. The molecule has 0 aliphatic carbocycles. The number of rotatable bonds is 5. The number of benzene rings is 1. The van der Waals surface area contributed by atoms with Crippen molar-refractivity contribution < 1.29 is 14.3 Å². The maximum atomic E-state index is 12.3. The van der Waals surface area contributed by atoms with Gasteiger partial charge >= 0.3 is 0 Å². The minimum atomic E-state index is -0.00468. The van der Waals surface area contributed by atoms with Crippen LogP contribution in [0.5, 0.6) is 11.5 Å². The average Bonchev–Trinajstić information content (AvgIpc) is 3.35. The fourth-order valence-corrected chi connectivity index (χ4v) is 3.96. The van der Waals surface area contributed by atoms with E-state index in [-0.39, 0.29) is 18.7 Å². The smallest absolute Gasteiger partial charge is 0.261 e. The summed E-state index contributed by atoms with van der Waals surface area (Å²) in [4.78, 5) is 15.5. The summed E-state index contributed by atoms with van der Waals surface area (Å²) in [5, 5.41) is 5.01. The number of thiophene rings is 1. The van der Waals surface area contributed by atoms with Crippen molar-refractivity contribution in [3.8, 4) is 11.5 Å². The van der Waals surface area contributed by atoms with E-state index in [1.807, 2.05) is 29.6 Å². The van der Waals surface area contributed by atoms with Crippen LogP contribution in [0.2, 0.25) is 0 Å². The number of amides is 1. The summed E-state index contributed by atoms with van der Waals surface area (Å²) in [6.07, 6.45) is 2.42. The second-order valence-electron chi connectivity index (χ2n) is 6.06. The van der Waals surface area contributed by atoms with Gasteiger partial charge in [-0.05, 0) is 55.1 Å². The van der Waals surface area contributed by atoms with Crippen molar-refractivity contribution in [1.29, 1.82) is 0 Å². The van der Waals surface area contributed by atoms with Crippen molar-refractivity contribution >= 4 is 17.2 Å². The van der Waals surface area contributed by atoms with Crippen LogP contribution in [0.3, 0.4) is 0 Å². The number of carbonyl (C=O) groups is 1. The van der Waals surface area contributed by atoms with Crippen LogP contribution in [0.1, 0.15) is 34.1 Å². The minimum absolute atomic E-state index is 0.00468. The Morgan fingerprint density at radius 1 is 1.21 bits per heavy atom. The van der Waals surface area contributed by atoms with Crippen molar-refractivity contribution in [3.63, 3.8) is 0 Å². The number of fused-ring (bicyclic) bond motifs is 1. The highest BCUT2D eigenvalue weighted by molar-refractivity contribution is 7.12. The third-order valence-electron chi connectivity index (χ3n) is 4.56. The fraction of sp³-hybridized carbons (Fsp3) is 0.389. The van der Waals surface area contributed by atoms with Gasteiger partial charge in [-0.3, -0.25) is 9.69 Å². The minimum Gasteiger partial charge on any atom is -0.454 e. The normalized spacial score (nSPS) is 17.8. The average molecular weight is 344 g/mol. The largest absolute Gasteiger partial charge is 0.454 e. The van der Waals surface area contributed by atoms with E-state index in [4.69, 9.17) is 9.47 Å². The molecule has 1 aromatic heterocycles.